The van der Waals surface area contributed by atoms with Gasteiger partial charge in [-0.3, -0.25) is 19.4 Å². The maximum Gasteiger partial charge on any atom is 0.234 e. The predicted octanol–water partition coefficient (Wildman–Crippen LogP) is 1.37. The molecular formula is C22H34N4O2. The Morgan fingerprint density at radius 2 is 1.50 bits per heavy atom. The molecule has 1 aliphatic heterocycles. The zero-order valence-electron chi connectivity index (χ0n) is 17.1. The molecule has 2 aliphatic rings. The Labute approximate surface area is 168 Å². The summed E-state index contributed by atoms with van der Waals surface area (Å²) in [6.45, 7) is 7.76. The number of amides is 2. The molecule has 0 radical (unpaired) electrons. The molecule has 2 N–H and O–H groups in total. The van der Waals surface area contributed by atoms with E-state index in [1.54, 1.807) is 0 Å². The number of piperazine rings is 1. The molecule has 1 aliphatic carbocycles. The van der Waals surface area contributed by atoms with Crippen LogP contribution < -0.4 is 10.6 Å². The van der Waals surface area contributed by atoms with E-state index in [0.29, 0.717) is 13.1 Å². The first-order chi connectivity index (χ1) is 13.6. The SMILES string of the molecule is CCCNC(=O)CN1CCN(CC(=O)NCC2(c3ccccc3)CCC2)CC1. The zero-order valence-corrected chi connectivity index (χ0v) is 17.1. The third-order valence-corrected chi connectivity index (χ3v) is 6.09. The van der Waals surface area contributed by atoms with Gasteiger partial charge < -0.3 is 10.6 Å². The molecule has 1 aromatic rings. The molecule has 1 aromatic carbocycles. The van der Waals surface area contributed by atoms with Crippen molar-refractivity contribution >= 4 is 11.8 Å². The van der Waals surface area contributed by atoms with Gasteiger partial charge in [0.15, 0.2) is 0 Å². The number of carbonyl (C=O) groups is 2. The molecule has 3 rings (SSSR count). The van der Waals surface area contributed by atoms with Gasteiger partial charge in [-0.25, -0.2) is 0 Å². The van der Waals surface area contributed by atoms with Gasteiger partial charge in [-0.1, -0.05) is 43.7 Å². The highest BCUT2D eigenvalue weighted by molar-refractivity contribution is 5.78. The van der Waals surface area contributed by atoms with Crippen LogP contribution in [0.3, 0.4) is 0 Å². The number of carbonyl (C=O) groups excluding carboxylic acids is 2. The van der Waals surface area contributed by atoms with E-state index in [9.17, 15) is 9.59 Å². The first-order valence-electron chi connectivity index (χ1n) is 10.6. The lowest BCUT2D eigenvalue weighted by Gasteiger charge is -2.43. The van der Waals surface area contributed by atoms with Gasteiger partial charge in [0.25, 0.3) is 0 Å². The highest BCUT2D eigenvalue weighted by Gasteiger charge is 2.38. The highest BCUT2D eigenvalue weighted by Crippen LogP contribution is 2.43. The van der Waals surface area contributed by atoms with Crippen LogP contribution in [0.15, 0.2) is 30.3 Å². The zero-order chi connectivity index (χ0) is 19.8. The molecule has 2 fully saturated rings. The van der Waals surface area contributed by atoms with Crippen molar-refractivity contribution in [1.82, 2.24) is 20.4 Å². The molecule has 1 heterocycles. The van der Waals surface area contributed by atoms with Gasteiger partial charge in [-0.2, -0.15) is 0 Å². The summed E-state index contributed by atoms with van der Waals surface area (Å²) in [7, 11) is 0. The van der Waals surface area contributed by atoms with E-state index >= 15 is 0 Å². The summed E-state index contributed by atoms with van der Waals surface area (Å²) in [5, 5.41) is 6.10. The minimum atomic E-state index is 0.0970. The molecule has 0 bridgehead atoms. The number of hydrogen-bond donors (Lipinski definition) is 2. The molecule has 0 aromatic heterocycles. The van der Waals surface area contributed by atoms with E-state index in [0.717, 1.165) is 58.5 Å². The van der Waals surface area contributed by atoms with Crippen molar-refractivity contribution in [3.05, 3.63) is 35.9 Å². The number of benzene rings is 1. The molecule has 6 nitrogen and oxygen atoms in total. The second-order valence-electron chi connectivity index (χ2n) is 8.18. The Hall–Kier alpha value is -1.92. The van der Waals surface area contributed by atoms with E-state index in [-0.39, 0.29) is 17.2 Å². The largest absolute Gasteiger partial charge is 0.355 e. The molecule has 1 saturated carbocycles. The third kappa shape index (κ3) is 5.55. The average molecular weight is 387 g/mol. The van der Waals surface area contributed by atoms with Crippen LogP contribution in [-0.2, 0) is 15.0 Å². The average Bonchev–Trinajstić information content (AvgIpc) is 2.68. The molecule has 1 saturated heterocycles. The van der Waals surface area contributed by atoms with Crippen molar-refractivity contribution in [2.45, 2.75) is 38.0 Å². The van der Waals surface area contributed by atoms with Crippen LogP contribution in [0.4, 0.5) is 0 Å². The molecule has 154 valence electrons. The van der Waals surface area contributed by atoms with Crippen LogP contribution in [-0.4, -0.2) is 74.0 Å². The second kappa shape index (κ2) is 10.0. The fourth-order valence-electron chi connectivity index (χ4n) is 4.12. The first-order valence-corrected chi connectivity index (χ1v) is 10.6. The van der Waals surface area contributed by atoms with Crippen molar-refractivity contribution in [3.63, 3.8) is 0 Å². The summed E-state index contributed by atoms with van der Waals surface area (Å²) in [5.74, 6) is 0.205. The highest BCUT2D eigenvalue weighted by atomic mass is 16.2. The number of hydrogen-bond acceptors (Lipinski definition) is 4. The van der Waals surface area contributed by atoms with Gasteiger partial charge >= 0.3 is 0 Å². The fourth-order valence-corrected chi connectivity index (χ4v) is 4.12. The fraction of sp³-hybridized carbons (Fsp3) is 0.636. The number of rotatable bonds is 9. The smallest absolute Gasteiger partial charge is 0.234 e. The monoisotopic (exact) mass is 386 g/mol. The lowest BCUT2D eigenvalue weighted by atomic mass is 9.64. The molecule has 0 atom stereocenters. The molecular weight excluding hydrogens is 352 g/mol. The van der Waals surface area contributed by atoms with Gasteiger partial charge in [0.05, 0.1) is 13.1 Å². The van der Waals surface area contributed by atoms with Crippen LogP contribution >= 0.6 is 0 Å². The van der Waals surface area contributed by atoms with Crippen molar-refractivity contribution in [3.8, 4) is 0 Å². The van der Waals surface area contributed by atoms with Crippen molar-refractivity contribution in [2.75, 3.05) is 52.4 Å². The molecule has 6 heteroatoms. The second-order valence-corrected chi connectivity index (χ2v) is 8.18. The van der Waals surface area contributed by atoms with E-state index < -0.39 is 0 Å². The van der Waals surface area contributed by atoms with Crippen molar-refractivity contribution in [2.24, 2.45) is 0 Å². The Morgan fingerprint density at radius 1 is 0.929 bits per heavy atom. The Bertz CT molecular complexity index is 637. The molecule has 0 spiro atoms. The van der Waals surface area contributed by atoms with Crippen LogP contribution in [0.25, 0.3) is 0 Å². The minimum Gasteiger partial charge on any atom is -0.355 e. The Morgan fingerprint density at radius 3 is 2.00 bits per heavy atom. The summed E-state index contributed by atoms with van der Waals surface area (Å²) < 4.78 is 0. The van der Waals surface area contributed by atoms with E-state index in [2.05, 4.69) is 51.6 Å². The Kier molecular flexibility index (Phi) is 7.45. The summed E-state index contributed by atoms with van der Waals surface area (Å²) >= 11 is 0. The van der Waals surface area contributed by atoms with Gasteiger partial charge in [-0.05, 0) is 24.8 Å². The number of nitrogens with one attached hydrogen (secondary N) is 2. The summed E-state index contributed by atoms with van der Waals surface area (Å²) in [4.78, 5) is 28.7. The van der Waals surface area contributed by atoms with E-state index in [1.165, 1.54) is 12.0 Å². The van der Waals surface area contributed by atoms with Gasteiger partial charge in [0.1, 0.15) is 0 Å². The van der Waals surface area contributed by atoms with Gasteiger partial charge in [-0.15, -0.1) is 0 Å². The van der Waals surface area contributed by atoms with Crippen molar-refractivity contribution in [1.29, 1.82) is 0 Å². The summed E-state index contributed by atoms with van der Waals surface area (Å²) in [6.07, 6.45) is 4.49. The normalized spacial score (nSPS) is 19.6. The lowest BCUT2D eigenvalue weighted by molar-refractivity contribution is -0.125. The molecule has 0 unspecified atom stereocenters. The topological polar surface area (TPSA) is 64.7 Å². The third-order valence-electron chi connectivity index (χ3n) is 6.09. The molecule has 2 amide bonds. The van der Waals surface area contributed by atoms with E-state index in [1.807, 2.05) is 6.07 Å². The summed E-state index contributed by atoms with van der Waals surface area (Å²) in [5.41, 5.74) is 1.47. The van der Waals surface area contributed by atoms with Crippen molar-refractivity contribution < 1.29 is 9.59 Å². The van der Waals surface area contributed by atoms with Gasteiger partial charge in [0, 0.05) is 44.7 Å². The van der Waals surface area contributed by atoms with Crippen LogP contribution in [0.1, 0.15) is 38.2 Å². The first kappa shape index (κ1) is 20.8. The summed E-state index contributed by atoms with van der Waals surface area (Å²) in [6, 6.07) is 10.6. The van der Waals surface area contributed by atoms with Gasteiger partial charge in [0.2, 0.25) is 11.8 Å². The standard InChI is InChI=1S/C22H34N4O2/c1-2-11-23-20(27)16-25-12-14-26(15-13-25)17-21(28)24-18-22(9-6-10-22)19-7-4-3-5-8-19/h3-5,7-8H,2,6,9-18H2,1H3,(H,23,27)(H,24,28). The van der Waals surface area contributed by atoms with Crippen LogP contribution in [0, 0.1) is 0 Å². The maximum atomic E-state index is 12.5. The maximum absolute atomic E-state index is 12.5. The molecule has 28 heavy (non-hydrogen) atoms. The van der Waals surface area contributed by atoms with E-state index in [4.69, 9.17) is 0 Å². The minimum absolute atomic E-state index is 0.0970. The quantitative estimate of drug-likeness (QED) is 0.673. The van der Waals surface area contributed by atoms with Crippen LogP contribution in [0.2, 0.25) is 0 Å². The lowest BCUT2D eigenvalue weighted by Crippen LogP contribution is -2.53. The van der Waals surface area contributed by atoms with Crippen LogP contribution in [0.5, 0.6) is 0 Å². The Balaban J connectivity index is 1.37. The number of nitrogens with zero attached hydrogens (tertiary/aromatic N) is 2. The predicted molar refractivity (Wildman–Crippen MR) is 111 cm³/mol.